The summed E-state index contributed by atoms with van der Waals surface area (Å²) in [5.74, 6) is 0.488. The molecule has 3 N–H and O–H groups in total. The van der Waals surface area contributed by atoms with Gasteiger partial charge in [0, 0.05) is 12.8 Å². The van der Waals surface area contributed by atoms with Gasteiger partial charge >= 0.3 is 0 Å². The number of carbonyl (C=O) groups excluding carboxylic acids is 1. The Balaban J connectivity index is 0.00000133. The highest BCUT2D eigenvalue weighted by Crippen LogP contribution is 2.37. The van der Waals surface area contributed by atoms with Crippen molar-refractivity contribution in [3.05, 3.63) is 24.3 Å². The number of nitrogens with two attached hydrogens (primary N) is 1. The van der Waals surface area contributed by atoms with Crippen LogP contribution in [-0.2, 0) is 9.53 Å². The van der Waals surface area contributed by atoms with Crippen LogP contribution in [0.2, 0.25) is 0 Å². The lowest BCUT2D eigenvalue weighted by Gasteiger charge is -2.39. The van der Waals surface area contributed by atoms with Crippen molar-refractivity contribution >= 4 is 24.0 Å². The van der Waals surface area contributed by atoms with E-state index in [0.29, 0.717) is 37.5 Å². The number of nitrogens with one attached hydrogen (secondary N) is 1. The van der Waals surface area contributed by atoms with Crippen molar-refractivity contribution in [3.63, 3.8) is 0 Å². The number of hydrogen-bond acceptors (Lipinski definition) is 4. The van der Waals surface area contributed by atoms with Gasteiger partial charge in [-0.15, -0.1) is 12.4 Å². The molecule has 3 rings (SSSR count). The molecule has 0 aliphatic carbocycles. The van der Waals surface area contributed by atoms with Crippen LogP contribution in [0.1, 0.15) is 12.8 Å². The fourth-order valence-corrected chi connectivity index (χ4v) is 2.52. The maximum absolute atomic E-state index is 12.1. The van der Waals surface area contributed by atoms with Gasteiger partial charge in [-0.2, -0.15) is 0 Å². The molecule has 1 unspecified atom stereocenters. The molecule has 1 aromatic carbocycles. The molecule has 1 spiro atoms. The topological polar surface area (TPSA) is 73.6 Å². The number of para-hydroxylation sites is 2. The molecule has 1 fully saturated rings. The number of fused-ring (bicyclic) bond motifs is 1. The number of carbonyl (C=O) groups is 1. The van der Waals surface area contributed by atoms with Gasteiger partial charge in [0.05, 0.1) is 18.9 Å². The first-order valence-electron chi connectivity index (χ1n) is 6.13. The van der Waals surface area contributed by atoms with Gasteiger partial charge in [0.1, 0.15) is 17.4 Å². The highest BCUT2D eigenvalue weighted by Gasteiger charge is 2.46. The number of halogens is 1. The molecule has 0 radical (unpaired) electrons. The van der Waals surface area contributed by atoms with E-state index in [2.05, 4.69) is 5.32 Å². The van der Waals surface area contributed by atoms with Crippen LogP contribution in [0.25, 0.3) is 0 Å². The molecule has 0 aromatic heterocycles. The summed E-state index contributed by atoms with van der Waals surface area (Å²) >= 11 is 0. The normalized spacial score (nSPS) is 24.5. The van der Waals surface area contributed by atoms with E-state index in [1.165, 1.54) is 0 Å². The van der Waals surface area contributed by atoms with Crippen LogP contribution < -0.4 is 15.8 Å². The number of benzene rings is 1. The molecule has 0 saturated carbocycles. The Hall–Kier alpha value is -1.30. The summed E-state index contributed by atoms with van der Waals surface area (Å²) in [5, 5.41) is 2.81. The molecule has 1 saturated heterocycles. The Morgan fingerprint density at radius 3 is 2.68 bits per heavy atom. The largest absolute Gasteiger partial charge is 0.483 e. The van der Waals surface area contributed by atoms with Crippen molar-refractivity contribution in [2.24, 2.45) is 5.73 Å². The van der Waals surface area contributed by atoms with Crippen molar-refractivity contribution in [1.29, 1.82) is 0 Å². The zero-order valence-electron chi connectivity index (χ0n) is 10.4. The van der Waals surface area contributed by atoms with Crippen LogP contribution >= 0.6 is 12.4 Å². The maximum atomic E-state index is 12.1. The Morgan fingerprint density at radius 1 is 1.26 bits per heavy atom. The van der Waals surface area contributed by atoms with E-state index < -0.39 is 11.6 Å². The second kappa shape index (κ2) is 5.36. The molecule has 19 heavy (non-hydrogen) atoms. The molecule has 104 valence electrons. The summed E-state index contributed by atoms with van der Waals surface area (Å²) in [6.07, 6.45) is 1.27. The second-order valence-electron chi connectivity index (χ2n) is 4.74. The van der Waals surface area contributed by atoms with Gasteiger partial charge in [0.25, 0.3) is 0 Å². The van der Waals surface area contributed by atoms with E-state index in [-0.39, 0.29) is 18.3 Å². The molecular weight excluding hydrogens is 268 g/mol. The Kier molecular flexibility index (Phi) is 3.99. The first kappa shape index (κ1) is 14.1. The molecule has 2 heterocycles. The van der Waals surface area contributed by atoms with Crippen molar-refractivity contribution in [3.8, 4) is 5.75 Å². The van der Waals surface area contributed by atoms with Crippen molar-refractivity contribution in [1.82, 2.24) is 0 Å². The summed E-state index contributed by atoms with van der Waals surface area (Å²) in [5.41, 5.74) is 6.11. The molecule has 1 amide bonds. The molecular formula is C13H17ClN2O3. The van der Waals surface area contributed by atoms with E-state index in [0.717, 1.165) is 0 Å². The summed E-state index contributed by atoms with van der Waals surface area (Å²) in [7, 11) is 0. The third-order valence-corrected chi connectivity index (χ3v) is 3.65. The molecule has 2 aliphatic rings. The third kappa shape index (κ3) is 2.41. The summed E-state index contributed by atoms with van der Waals surface area (Å²) in [6, 6.07) is 6.74. The third-order valence-electron chi connectivity index (χ3n) is 3.65. The standard InChI is InChI=1S/C13H16N2O3.ClH/c14-11-12(16)15-9-3-1-2-4-10(9)18-13(11)5-7-17-8-6-13;/h1-4,11H,5-8,14H2,(H,15,16);1H. The fourth-order valence-electron chi connectivity index (χ4n) is 2.52. The lowest BCUT2D eigenvalue weighted by Crippen LogP contribution is -2.59. The highest BCUT2D eigenvalue weighted by molar-refractivity contribution is 5.97. The van der Waals surface area contributed by atoms with E-state index >= 15 is 0 Å². The van der Waals surface area contributed by atoms with Gasteiger partial charge in [0.2, 0.25) is 5.91 Å². The van der Waals surface area contributed by atoms with Gasteiger partial charge < -0.3 is 20.5 Å². The number of hydrogen-bond donors (Lipinski definition) is 2. The molecule has 2 aliphatic heterocycles. The van der Waals surface area contributed by atoms with Crippen molar-refractivity contribution < 1.29 is 14.3 Å². The van der Waals surface area contributed by atoms with Gasteiger partial charge in [-0.05, 0) is 12.1 Å². The Labute approximate surface area is 117 Å². The minimum absolute atomic E-state index is 0. The maximum Gasteiger partial charge on any atom is 0.245 e. The fraction of sp³-hybridized carbons (Fsp3) is 0.462. The zero-order valence-corrected chi connectivity index (χ0v) is 11.2. The van der Waals surface area contributed by atoms with Crippen LogP contribution in [-0.4, -0.2) is 30.8 Å². The van der Waals surface area contributed by atoms with Crippen LogP contribution in [0.4, 0.5) is 5.69 Å². The van der Waals surface area contributed by atoms with E-state index in [1.807, 2.05) is 24.3 Å². The lowest BCUT2D eigenvalue weighted by molar-refractivity contribution is -0.125. The SMILES string of the molecule is Cl.NC1C(=O)Nc2ccccc2OC12CCOCC2. The lowest BCUT2D eigenvalue weighted by atomic mass is 9.86. The van der Waals surface area contributed by atoms with Crippen molar-refractivity contribution in [2.45, 2.75) is 24.5 Å². The van der Waals surface area contributed by atoms with Gasteiger partial charge in [-0.1, -0.05) is 12.1 Å². The Bertz CT molecular complexity index is 475. The molecule has 5 nitrogen and oxygen atoms in total. The minimum Gasteiger partial charge on any atom is -0.483 e. The average molecular weight is 285 g/mol. The first-order chi connectivity index (χ1) is 8.71. The molecule has 1 aromatic rings. The summed E-state index contributed by atoms with van der Waals surface area (Å²) in [4.78, 5) is 12.1. The van der Waals surface area contributed by atoms with E-state index in [9.17, 15) is 4.79 Å². The van der Waals surface area contributed by atoms with E-state index in [1.54, 1.807) is 0 Å². The van der Waals surface area contributed by atoms with Crippen LogP contribution in [0.15, 0.2) is 24.3 Å². The Morgan fingerprint density at radius 2 is 1.95 bits per heavy atom. The quantitative estimate of drug-likeness (QED) is 0.753. The molecule has 1 atom stereocenters. The number of anilines is 1. The number of ether oxygens (including phenoxy) is 2. The van der Waals surface area contributed by atoms with E-state index in [4.69, 9.17) is 15.2 Å². The number of amides is 1. The molecule has 0 bridgehead atoms. The summed E-state index contributed by atoms with van der Waals surface area (Å²) < 4.78 is 11.4. The predicted molar refractivity (Wildman–Crippen MR) is 73.7 cm³/mol. The first-order valence-corrected chi connectivity index (χ1v) is 6.13. The van der Waals surface area contributed by atoms with Gasteiger partial charge in [0.15, 0.2) is 0 Å². The van der Waals surface area contributed by atoms with Crippen LogP contribution in [0.3, 0.4) is 0 Å². The predicted octanol–water partition coefficient (Wildman–Crippen LogP) is 1.32. The zero-order chi connectivity index (χ0) is 12.6. The summed E-state index contributed by atoms with van der Waals surface area (Å²) in [6.45, 7) is 1.15. The van der Waals surface area contributed by atoms with Crippen LogP contribution in [0, 0.1) is 0 Å². The second-order valence-corrected chi connectivity index (χ2v) is 4.74. The number of rotatable bonds is 0. The van der Waals surface area contributed by atoms with Crippen LogP contribution in [0.5, 0.6) is 5.75 Å². The minimum atomic E-state index is -0.672. The highest BCUT2D eigenvalue weighted by atomic mass is 35.5. The average Bonchev–Trinajstić information content (AvgIpc) is 2.49. The van der Waals surface area contributed by atoms with Gasteiger partial charge in [-0.3, -0.25) is 4.79 Å². The molecule has 6 heteroatoms. The smallest absolute Gasteiger partial charge is 0.245 e. The monoisotopic (exact) mass is 284 g/mol. The van der Waals surface area contributed by atoms with Crippen molar-refractivity contribution in [2.75, 3.05) is 18.5 Å². The van der Waals surface area contributed by atoms with Gasteiger partial charge in [-0.25, -0.2) is 0 Å².